The van der Waals surface area contributed by atoms with E-state index in [1.807, 2.05) is 0 Å². The fourth-order valence-corrected chi connectivity index (χ4v) is 13.8. The molecule has 0 N–H and O–H groups in total. The van der Waals surface area contributed by atoms with E-state index >= 15 is 0 Å². The van der Waals surface area contributed by atoms with E-state index in [0.717, 1.165) is 0 Å². The van der Waals surface area contributed by atoms with Crippen LogP contribution in [0.2, 0.25) is 3.34 Å². The first kappa shape index (κ1) is 30.0. The molecule has 0 fully saturated rings. The molecular formula is C28H29Cl3SiTi. The van der Waals surface area contributed by atoms with Gasteiger partial charge in [0.2, 0.25) is 0 Å². The zero-order valence-electron chi connectivity index (χ0n) is 19.7. The van der Waals surface area contributed by atoms with E-state index in [9.17, 15) is 0 Å². The van der Waals surface area contributed by atoms with Crippen molar-refractivity contribution in [3.63, 3.8) is 0 Å². The first-order chi connectivity index (χ1) is 14.3. The summed E-state index contributed by atoms with van der Waals surface area (Å²) in [6.07, 6.45) is 0. The second-order valence-electron chi connectivity index (χ2n) is 8.60. The second kappa shape index (κ2) is 11.6. The molecule has 0 aliphatic heterocycles. The number of halogens is 3. The van der Waals surface area contributed by atoms with Crippen LogP contribution < -0.4 is 52.8 Å². The van der Waals surface area contributed by atoms with Crippen molar-refractivity contribution >= 4 is 23.6 Å². The molecule has 170 valence electrons. The van der Waals surface area contributed by atoms with Gasteiger partial charge in [-0.1, -0.05) is 0 Å². The van der Waals surface area contributed by atoms with E-state index in [-0.39, 0.29) is 40.6 Å². The summed E-state index contributed by atoms with van der Waals surface area (Å²) in [4.78, 5) is 0. The molecule has 0 saturated heterocycles. The summed E-state index contributed by atoms with van der Waals surface area (Å²) >= 11 is 2.52. The Morgan fingerprint density at radius 2 is 0.848 bits per heavy atom. The van der Waals surface area contributed by atoms with E-state index in [4.69, 9.17) is 0 Å². The van der Waals surface area contributed by atoms with Crippen molar-refractivity contribution in [2.24, 2.45) is 0 Å². The maximum atomic E-state index is 2.52. The molecule has 0 spiro atoms. The third-order valence-electron chi connectivity index (χ3n) is 7.27. The number of aryl methyl sites for hydroxylation is 1. The first-order valence-electron chi connectivity index (χ1n) is 10.6. The van der Waals surface area contributed by atoms with Crippen molar-refractivity contribution in [3.8, 4) is 0 Å². The Labute approximate surface area is 230 Å². The van der Waals surface area contributed by atoms with Crippen LogP contribution in [-0.2, 0) is 20.4 Å². The van der Waals surface area contributed by atoms with Gasteiger partial charge in [0.25, 0.3) is 0 Å². The van der Waals surface area contributed by atoms with Gasteiger partial charge in [-0.15, -0.1) is 0 Å². The van der Waals surface area contributed by atoms with Crippen molar-refractivity contribution in [2.45, 2.75) is 38.0 Å². The van der Waals surface area contributed by atoms with E-state index in [1.165, 1.54) is 43.4 Å². The normalized spacial score (nSPS) is 14.9. The maximum absolute atomic E-state index is 2.52. The van der Waals surface area contributed by atoms with E-state index < -0.39 is 8.07 Å². The van der Waals surface area contributed by atoms with E-state index in [1.54, 1.807) is 0 Å². The van der Waals surface area contributed by atoms with Gasteiger partial charge in [-0.25, -0.2) is 0 Å². The quantitative estimate of drug-likeness (QED) is 0.234. The fraction of sp³-hybridized carbons (Fsp3) is 0.214. The molecule has 0 amide bonds. The summed E-state index contributed by atoms with van der Waals surface area (Å²) in [5.74, 6) is 0. The minimum atomic E-state index is -2.46. The van der Waals surface area contributed by atoms with Crippen LogP contribution in [0.5, 0.6) is 0 Å². The zero-order valence-corrected chi connectivity index (χ0v) is 24.5. The summed E-state index contributed by atoms with van der Waals surface area (Å²) in [5, 5.41) is 4.43. The molecule has 1 aliphatic rings. The van der Waals surface area contributed by atoms with Crippen LogP contribution in [0.1, 0.15) is 33.3 Å². The van der Waals surface area contributed by atoms with Gasteiger partial charge in [-0.2, -0.15) is 0 Å². The third-order valence-corrected chi connectivity index (χ3v) is 15.7. The Hall–Kier alpha value is -1.06. The molecule has 0 bridgehead atoms. The minimum Gasteiger partial charge on any atom is -1.00 e. The number of hydrogen-bond acceptors (Lipinski definition) is 0. The molecule has 1 aliphatic carbocycles. The van der Waals surface area contributed by atoms with Gasteiger partial charge in [-0.3, -0.25) is 0 Å². The topological polar surface area (TPSA) is 0 Å². The predicted molar refractivity (Wildman–Crippen MR) is 128 cm³/mol. The molecular weight excluding hydrogens is 519 g/mol. The average molecular weight is 548 g/mol. The van der Waals surface area contributed by atoms with Gasteiger partial charge < -0.3 is 37.2 Å². The summed E-state index contributed by atoms with van der Waals surface area (Å²) in [7, 11) is -2.46. The molecule has 0 atom stereocenters. The van der Waals surface area contributed by atoms with Crippen LogP contribution >= 0.6 is 0 Å². The second-order valence-corrected chi connectivity index (χ2v) is 14.5. The SMILES string of the molecule is CC1=C(C)[C]([Ti+3])([Si](c2ccccc2)(c2ccccc2)c2ccc(C)cc2)C(C)=C1C.[Cl-].[Cl-].[Cl-]. The molecule has 0 unspecified atom stereocenters. The Bertz CT molecular complexity index is 1070. The molecule has 3 aromatic rings. The molecule has 0 radical (unpaired) electrons. The minimum absolute atomic E-state index is 0. The van der Waals surface area contributed by atoms with Crippen LogP contribution in [0.15, 0.2) is 107 Å². The van der Waals surface area contributed by atoms with Crippen LogP contribution in [-0.4, -0.2) is 8.07 Å². The van der Waals surface area contributed by atoms with Gasteiger partial charge in [0.15, 0.2) is 0 Å². The average Bonchev–Trinajstić information content (AvgIpc) is 2.93. The van der Waals surface area contributed by atoms with Gasteiger partial charge in [-0.05, 0) is 0 Å². The molecule has 0 saturated carbocycles. The monoisotopic (exact) mass is 546 g/mol. The van der Waals surface area contributed by atoms with Crippen molar-refractivity contribution in [1.29, 1.82) is 0 Å². The van der Waals surface area contributed by atoms with Gasteiger partial charge in [0, 0.05) is 0 Å². The molecule has 33 heavy (non-hydrogen) atoms. The summed E-state index contributed by atoms with van der Waals surface area (Å²) in [6.45, 7) is 11.5. The Morgan fingerprint density at radius 1 is 0.515 bits per heavy atom. The summed E-state index contributed by atoms with van der Waals surface area (Å²) < 4.78 is -0.0286. The molecule has 0 aromatic heterocycles. The van der Waals surface area contributed by atoms with Crippen LogP contribution in [0.4, 0.5) is 0 Å². The fourth-order valence-electron chi connectivity index (χ4n) is 5.30. The molecule has 4 rings (SSSR count). The first-order valence-corrected chi connectivity index (χ1v) is 13.4. The summed E-state index contributed by atoms with van der Waals surface area (Å²) in [5.41, 5.74) is 7.29. The Balaban J connectivity index is 0.00000181. The molecule has 5 heteroatoms. The predicted octanol–water partition coefficient (Wildman–Crippen LogP) is -3.59. The molecule has 3 aromatic carbocycles. The smallest absolute Gasteiger partial charge is 1.00 e. The van der Waals surface area contributed by atoms with Crippen molar-refractivity contribution in [3.05, 3.63) is 113 Å². The summed E-state index contributed by atoms with van der Waals surface area (Å²) in [6, 6.07) is 32.0. The Morgan fingerprint density at radius 3 is 1.21 bits per heavy atom. The number of benzene rings is 3. The van der Waals surface area contributed by atoms with Crippen LogP contribution in [0, 0.1) is 6.92 Å². The van der Waals surface area contributed by atoms with E-state index in [0.29, 0.717) is 0 Å². The van der Waals surface area contributed by atoms with Gasteiger partial charge >= 0.3 is 195 Å². The molecule has 0 nitrogen and oxygen atoms in total. The maximum Gasteiger partial charge on any atom is -1.00 e. The largest absolute Gasteiger partial charge is 1.00 e. The zero-order chi connectivity index (χ0) is 21.5. The van der Waals surface area contributed by atoms with Gasteiger partial charge in [0.1, 0.15) is 0 Å². The molecule has 0 heterocycles. The van der Waals surface area contributed by atoms with Crippen molar-refractivity contribution in [2.75, 3.05) is 0 Å². The standard InChI is InChI=1S/C28H29Si.3ClH.Ti/c1-20-16-18-27(19-17-20)29(25-12-8-6-9-13-25,26-14-10-7-11-15-26)28-23(4)21(2)22(3)24(28)5;;;;/h6-19H,1-5H3;3*1H;/q;;;;+3/p-3. The van der Waals surface area contributed by atoms with Crippen LogP contribution in [0.3, 0.4) is 0 Å². The van der Waals surface area contributed by atoms with Crippen LogP contribution in [0.25, 0.3) is 0 Å². The number of hydrogen-bond donors (Lipinski definition) is 0. The van der Waals surface area contributed by atoms with E-state index in [2.05, 4.69) is 140 Å². The van der Waals surface area contributed by atoms with Crippen molar-refractivity contribution in [1.82, 2.24) is 0 Å². The van der Waals surface area contributed by atoms with Crippen molar-refractivity contribution < 1.29 is 57.7 Å². The third kappa shape index (κ3) is 4.49. The number of allylic oxidation sites excluding steroid dienone is 4. The number of rotatable bonds is 4. The van der Waals surface area contributed by atoms with Gasteiger partial charge in [0.05, 0.1) is 0 Å². The Kier molecular flexibility index (Phi) is 10.5.